The highest BCUT2D eigenvalue weighted by molar-refractivity contribution is 5.95. The van der Waals surface area contributed by atoms with E-state index >= 15 is 0 Å². The van der Waals surface area contributed by atoms with E-state index in [1.54, 1.807) is 7.11 Å². The second kappa shape index (κ2) is 8.01. The highest BCUT2D eigenvalue weighted by Crippen LogP contribution is 2.32. The molecule has 1 unspecified atom stereocenters. The van der Waals surface area contributed by atoms with E-state index in [-0.39, 0.29) is 28.4 Å². The molecule has 0 radical (unpaired) electrons. The molecule has 3 heterocycles. The maximum Gasteiger partial charge on any atom is 0.433 e. The molecule has 0 bridgehead atoms. The molecule has 1 aliphatic heterocycles. The lowest BCUT2D eigenvalue weighted by Gasteiger charge is -2.17. The molecule has 32 heavy (non-hydrogen) atoms. The smallest absolute Gasteiger partial charge is 0.380 e. The number of aromatic nitrogens is 2. The predicted molar refractivity (Wildman–Crippen MR) is 108 cm³/mol. The summed E-state index contributed by atoms with van der Waals surface area (Å²) in [6.45, 7) is 1.85. The van der Waals surface area contributed by atoms with Crippen LogP contribution in [0.4, 0.5) is 17.6 Å². The summed E-state index contributed by atoms with van der Waals surface area (Å²) >= 11 is 0. The van der Waals surface area contributed by atoms with Crippen molar-refractivity contribution < 1.29 is 27.1 Å². The van der Waals surface area contributed by atoms with Crippen LogP contribution in [0, 0.1) is 12.7 Å². The van der Waals surface area contributed by atoms with Gasteiger partial charge in [-0.15, -0.1) is 0 Å². The van der Waals surface area contributed by atoms with Crippen LogP contribution in [0.5, 0.6) is 0 Å². The van der Waals surface area contributed by atoms with Crippen molar-refractivity contribution in [2.45, 2.75) is 25.6 Å². The number of pyridine rings is 1. The van der Waals surface area contributed by atoms with Crippen molar-refractivity contribution in [3.63, 3.8) is 0 Å². The monoisotopic (exact) mass is 449 g/mol. The van der Waals surface area contributed by atoms with Crippen LogP contribution in [0.15, 0.2) is 41.3 Å². The van der Waals surface area contributed by atoms with E-state index in [0.717, 1.165) is 17.4 Å². The van der Waals surface area contributed by atoms with Gasteiger partial charge in [0, 0.05) is 37.5 Å². The molecule has 168 valence electrons. The summed E-state index contributed by atoms with van der Waals surface area (Å²) in [7, 11) is 1.54. The van der Waals surface area contributed by atoms with Crippen LogP contribution < -0.4 is 5.56 Å². The lowest BCUT2D eigenvalue weighted by Crippen LogP contribution is -2.30. The molecule has 1 aliphatic rings. The molecule has 10 heteroatoms. The molecule has 6 nitrogen and oxygen atoms in total. The number of nitrogens with zero attached hydrogens (tertiary/aromatic N) is 3. The summed E-state index contributed by atoms with van der Waals surface area (Å²) in [5.74, 6) is -1.31. The van der Waals surface area contributed by atoms with Crippen molar-refractivity contribution >= 4 is 11.6 Å². The van der Waals surface area contributed by atoms with Gasteiger partial charge < -0.3 is 9.64 Å². The number of methoxy groups -OCH3 is 1. The Labute approximate surface area is 180 Å². The lowest BCUT2D eigenvalue weighted by molar-refractivity contribution is -0.141. The molecule has 0 spiro atoms. The Morgan fingerprint density at radius 3 is 2.62 bits per heavy atom. The molecule has 0 aliphatic carbocycles. The Morgan fingerprint density at radius 2 is 2.00 bits per heavy atom. The summed E-state index contributed by atoms with van der Waals surface area (Å²) in [4.78, 5) is 30.3. The zero-order valence-corrected chi connectivity index (χ0v) is 17.2. The number of alkyl halides is 3. The number of amides is 1. The molecule has 0 saturated carbocycles. The van der Waals surface area contributed by atoms with E-state index in [0.29, 0.717) is 19.5 Å². The zero-order chi connectivity index (χ0) is 23.2. The first-order valence-electron chi connectivity index (χ1n) is 9.83. The maximum atomic E-state index is 14.9. The Bertz CT molecular complexity index is 1270. The fourth-order valence-corrected chi connectivity index (χ4v) is 3.88. The number of hydrogen-bond donors (Lipinski definition) is 0. The Morgan fingerprint density at radius 1 is 1.25 bits per heavy atom. The van der Waals surface area contributed by atoms with Crippen LogP contribution in [0.1, 0.15) is 28.0 Å². The molecule has 2 aromatic heterocycles. The number of hydrogen-bond acceptors (Lipinski definition) is 4. The third-order valence-electron chi connectivity index (χ3n) is 5.62. The zero-order valence-electron chi connectivity index (χ0n) is 17.2. The second-order valence-corrected chi connectivity index (χ2v) is 7.60. The molecule has 4 rings (SSSR count). The summed E-state index contributed by atoms with van der Waals surface area (Å²) in [5.41, 5.74) is -2.76. The predicted octanol–water partition coefficient (Wildman–Crippen LogP) is 3.69. The molecule has 1 saturated heterocycles. The van der Waals surface area contributed by atoms with Gasteiger partial charge in [0.25, 0.3) is 11.5 Å². The molecule has 1 fully saturated rings. The minimum atomic E-state index is -4.82. The van der Waals surface area contributed by atoms with Crippen LogP contribution >= 0.6 is 0 Å². The minimum absolute atomic E-state index is 0.104. The van der Waals surface area contributed by atoms with Crippen LogP contribution in [-0.2, 0) is 10.9 Å². The van der Waals surface area contributed by atoms with Gasteiger partial charge in [0.1, 0.15) is 11.5 Å². The Hall–Kier alpha value is -3.27. The van der Waals surface area contributed by atoms with Gasteiger partial charge in [0.15, 0.2) is 5.69 Å². The van der Waals surface area contributed by atoms with Crippen LogP contribution in [0.2, 0.25) is 0 Å². The number of carbonyl (C=O) groups excluding carboxylic acids is 1. The first kappa shape index (κ1) is 21.9. The third-order valence-corrected chi connectivity index (χ3v) is 5.62. The van der Waals surface area contributed by atoms with Crippen molar-refractivity contribution in [2.75, 3.05) is 20.2 Å². The molecule has 0 N–H and O–H groups in total. The van der Waals surface area contributed by atoms with Gasteiger partial charge in [-0.2, -0.15) is 13.2 Å². The normalized spacial score (nSPS) is 16.7. The van der Waals surface area contributed by atoms with Gasteiger partial charge in [0.05, 0.1) is 11.7 Å². The number of halogens is 4. The number of benzene rings is 1. The summed E-state index contributed by atoms with van der Waals surface area (Å²) in [6, 6.07) is 6.68. The van der Waals surface area contributed by atoms with E-state index < -0.39 is 34.7 Å². The third kappa shape index (κ3) is 3.75. The van der Waals surface area contributed by atoms with Crippen molar-refractivity contribution in [3.8, 4) is 11.1 Å². The van der Waals surface area contributed by atoms with Crippen LogP contribution in [-0.4, -0.2) is 46.5 Å². The van der Waals surface area contributed by atoms with Crippen molar-refractivity contribution in [1.82, 2.24) is 14.3 Å². The Kier molecular flexibility index (Phi) is 5.49. The first-order valence-corrected chi connectivity index (χ1v) is 9.83. The van der Waals surface area contributed by atoms with Gasteiger partial charge in [-0.25, -0.2) is 9.37 Å². The Balaban J connectivity index is 1.78. The van der Waals surface area contributed by atoms with E-state index in [1.165, 1.54) is 35.4 Å². The van der Waals surface area contributed by atoms with E-state index in [9.17, 15) is 27.2 Å². The molecular formula is C22H19F4N3O3. The maximum absolute atomic E-state index is 14.9. The summed E-state index contributed by atoms with van der Waals surface area (Å²) in [5, 5.41) is 0. The SMILES string of the molecule is COC1CCN(C(=O)c2ccc(-c3cccn4c(=O)c(C)c(C(F)(F)F)nc34)cc2F)C1. The second-order valence-electron chi connectivity index (χ2n) is 7.60. The number of fused-ring (bicyclic) bond motifs is 1. The number of rotatable bonds is 3. The lowest BCUT2D eigenvalue weighted by atomic mass is 10.0. The summed E-state index contributed by atoms with van der Waals surface area (Å²) in [6.07, 6.45) is -2.97. The van der Waals surface area contributed by atoms with E-state index in [1.807, 2.05) is 0 Å². The van der Waals surface area contributed by atoms with Gasteiger partial charge in [-0.05, 0) is 43.2 Å². The highest BCUT2D eigenvalue weighted by Gasteiger charge is 2.36. The average Bonchev–Trinajstić information content (AvgIpc) is 3.24. The standard InChI is InChI=1S/C22H19F4N3O3/c1-12-18(22(24,25)26)27-19-15(4-3-8-29(19)20(12)30)13-5-6-16(17(23)10-13)21(31)28-9-7-14(11-28)32-2/h3-6,8,10,14H,7,9,11H2,1-2H3. The van der Waals surface area contributed by atoms with Gasteiger partial charge in [-0.3, -0.25) is 14.0 Å². The molecular weight excluding hydrogens is 430 g/mol. The van der Waals surface area contributed by atoms with E-state index in [4.69, 9.17) is 4.74 Å². The quantitative estimate of drug-likeness (QED) is 0.573. The van der Waals surface area contributed by atoms with Crippen molar-refractivity contribution in [2.24, 2.45) is 0 Å². The fraction of sp³-hybridized carbons (Fsp3) is 0.318. The van der Waals surface area contributed by atoms with Crippen LogP contribution in [0.25, 0.3) is 16.8 Å². The minimum Gasteiger partial charge on any atom is -0.380 e. The summed E-state index contributed by atoms with van der Waals surface area (Å²) < 4.78 is 61.2. The van der Waals surface area contributed by atoms with E-state index in [2.05, 4.69) is 4.98 Å². The van der Waals surface area contributed by atoms with Gasteiger partial charge in [-0.1, -0.05) is 6.07 Å². The van der Waals surface area contributed by atoms with Gasteiger partial charge >= 0.3 is 6.18 Å². The number of ether oxygens (including phenoxy) is 1. The van der Waals surface area contributed by atoms with Crippen molar-refractivity contribution in [3.05, 3.63) is 69.5 Å². The molecule has 1 amide bonds. The van der Waals surface area contributed by atoms with Crippen LogP contribution in [0.3, 0.4) is 0 Å². The first-order chi connectivity index (χ1) is 15.1. The molecule has 1 aromatic carbocycles. The largest absolute Gasteiger partial charge is 0.433 e. The average molecular weight is 449 g/mol. The van der Waals surface area contributed by atoms with Gasteiger partial charge in [0.2, 0.25) is 0 Å². The number of likely N-dealkylation sites (tertiary alicyclic amines) is 1. The highest BCUT2D eigenvalue weighted by atomic mass is 19.4. The molecule has 3 aromatic rings. The van der Waals surface area contributed by atoms with Crippen molar-refractivity contribution in [1.29, 1.82) is 0 Å². The molecule has 1 atom stereocenters. The fourth-order valence-electron chi connectivity index (χ4n) is 3.88. The number of carbonyl (C=O) groups is 1. The topological polar surface area (TPSA) is 63.9 Å².